The first-order valence-electron chi connectivity index (χ1n) is 12.4. The summed E-state index contributed by atoms with van der Waals surface area (Å²) in [6.45, 7) is 1.81. The first kappa shape index (κ1) is 27.7. The number of methoxy groups -OCH3 is 2. The number of aryl methyl sites for hydroxylation is 1. The van der Waals surface area contributed by atoms with E-state index in [0.29, 0.717) is 11.1 Å². The van der Waals surface area contributed by atoms with E-state index < -0.39 is 39.1 Å². The van der Waals surface area contributed by atoms with Gasteiger partial charge in [0, 0.05) is 18.3 Å². The fraction of sp³-hybridized carbons (Fsp3) is 0.172. The fourth-order valence-corrected chi connectivity index (χ4v) is 6.84. The van der Waals surface area contributed by atoms with Crippen LogP contribution in [0.2, 0.25) is 0 Å². The molecule has 2 heterocycles. The first-order valence-corrected chi connectivity index (χ1v) is 13.8. The second-order valence-corrected chi connectivity index (χ2v) is 11.2. The van der Waals surface area contributed by atoms with E-state index in [0.717, 1.165) is 24.1 Å². The van der Waals surface area contributed by atoms with Crippen LogP contribution in [0.1, 0.15) is 34.5 Å². The monoisotopic (exact) mass is 575 g/mol. The molecule has 12 heteroatoms. The Balaban J connectivity index is 1.93. The highest BCUT2D eigenvalue weighted by molar-refractivity contribution is 7.89. The van der Waals surface area contributed by atoms with Gasteiger partial charge in [-0.1, -0.05) is 54.1 Å². The molecule has 41 heavy (non-hydrogen) atoms. The third-order valence-electron chi connectivity index (χ3n) is 7.01. The minimum absolute atomic E-state index is 0.0729. The van der Waals surface area contributed by atoms with E-state index in [1.54, 1.807) is 42.5 Å². The maximum Gasteiger partial charge on any atom is 0.355 e. The molecule has 0 bridgehead atoms. The number of ether oxygens (including phenoxy) is 2. The van der Waals surface area contributed by atoms with E-state index in [1.165, 1.54) is 47.5 Å². The summed E-state index contributed by atoms with van der Waals surface area (Å²) in [5, 5.41) is 11.7. The van der Waals surface area contributed by atoms with Crippen LogP contribution in [0.5, 0.6) is 0 Å². The van der Waals surface area contributed by atoms with Crippen LogP contribution in [0.15, 0.2) is 95.2 Å². The molecule has 0 aromatic heterocycles. The first-order chi connectivity index (χ1) is 19.6. The summed E-state index contributed by atoms with van der Waals surface area (Å²) >= 11 is 0. The lowest BCUT2D eigenvalue weighted by Crippen LogP contribution is -2.52. The predicted molar refractivity (Wildman–Crippen MR) is 147 cm³/mol. The molecule has 11 nitrogen and oxygen atoms in total. The molecule has 0 spiro atoms. The molecule has 0 saturated heterocycles. The molecular formula is C29H25N3O8S. The number of carbonyl (C=O) groups is 2. The summed E-state index contributed by atoms with van der Waals surface area (Å²) in [6, 6.07) is 17.0. The van der Waals surface area contributed by atoms with Crippen molar-refractivity contribution in [1.82, 2.24) is 9.21 Å². The van der Waals surface area contributed by atoms with Gasteiger partial charge in [-0.15, -0.1) is 0 Å². The molecule has 2 aliphatic heterocycles. The van der Waals surface area contributed by atoms with Gasteiger partial charge in [0.25, 0.3) is 5.69 Å². The Hall–Kier alpha value is -4.81. The molecule has 0 fully saturated rings. The lowest BCUT2D eigenvalue weighted by Gasteiger charge is -2.49. The minimum Gasteiger partial charge on any atom is -0.466 e. The van der Waals surface area contributed by atoms with Gasteiger partial charge in [0.05, 0.1) is 35.7 Å². The minimum atomic E-state index is -4.46. The molecule has 5 rings (SSSR count). The highest BCUT2D eigenvalue weighted by Gasteiger charge is 2.53. The molecular weight excluding hydrogens is 550 g/mol. The van der Waals surface area contributed by atoms with Crippen molar-refractivity contribution >= 4 is 33.7 Å². The molecule has 0 unspecified atom stereocenters. The number of fused-ring (bicyclic) bond motifs is 3. The van der Waals surface area contributed by atoms with Crippen molar-refractivity contribution in [3.63, 3.8) is 0 Å². The summed E-state index contributed by atoms with van der Waals surface area (Å²) in [6.07, 6.45) is 2.02. The number of non-ortho nitro benzene ring substituents is 1. The average molecular weight is 576 g/mol. The number of hydrogen-bond acceptors (Lipinski definition) is 9. The second kappa shape index (κ2) is 10.6. The number of hydrogen-bond donors (Lipinski definition) is 0. The molecule has 210 valence electrons. The van der Waals surface area contributed by atoms with Gasteiger partial charge >= 0.3 is 11.9 Å². The van der Waals surface area contributed by atoms with E-state index in [9.17, 15) is 28.1 Å². The molecule has 0 N–H and O–H groups in total. The maximum atomic E-state index is 14.6. The van der Waals surface area contributed by atoms with E-state index in [1.807, 2.05) is 6.92 Å². The lowest BCUT2D eigenvalue weighted by molar-refractivity contribution is -0.384. The largest absolute Gasteiger partial charge is 0.466 e. The SMILES string of the molecule is COC(=O)C1=C(C(=O)OC)N2C=Cc3ccccc3[C@@H]2N(S(=O)(=O)c2ccc(C)cc2)[C@H]1c1cccc([N+](=O)[O-])c1. The standard InChI is InChI=1S/C29H25N3O8S/c1-18-11-13-22(14-12-18)41(37,38)31-25(20-8-6-9-21(17-20)32(35)36)24(28(33)39-2)26(29(34)40-3)30-16-15-19-7-4-5-10-23(19)27(30)31/h4-17,25,27H,1-3H3/t25-,27-/m0/s1. The Morgan fingerprint density at radius 1 is 0.927 bits per heavy atom. The summed E-state index contributed by atoms with van der Waals surface area (Å²) in [5.41, 5.74) is 1.19. The van der Waals surface area contributed by atoms with Gasteiger partial charge in [-0.3, -0.25) is 10.1 Å². The van der Waals surface area contributed by atoms with Gasteiger partial charge in [-0.05, 0) is 41.8 Å². The van der Waals surface area contributed by atoms with Crippen molar-refractivity contribution in [3.05, 3.63) is 123 Å². The Morgan fingerprint density at radius 2 is 1.61 bits per heavy atom. The van der Waals surface area contributed by atoms with Gasteiger partial charge in [0.15, 0.2) is 0 Å². The van der Waals surface area contributed by atoms with E-state index in [4.69, 9.17) is 9.47 Å². The molecule has 3 aromatic carbocycles. The molecule has 0 aliphatic carbocycles. The van der Waals surface area contributed by atoms with Crippen molar-refractivity contribution in [2.45, 2.75) is 24.0 Å². The number of rotatable bonds is 6. The average Bonchev–Trinajstić information content (AvgIpc) is 2.99. The smallest absolute Gasteiger partial charge is 0.355 e. The maximum absolute atomic E-state index is 14.6. The van der Waals surface area contributed by atoms with Crippen molar-refractivity contribution in [2.24, 2.45) is 0 Å². The number of nitro benzene ring substituents is 1. The Morgan fingerprint density at radius 3 is 2.27 bits per heavy atom. The van der Waals surface area contributed by atoms with Crippen molar-refractivity contribution in [1.29, 1.82) is 0 Å². The van der Waals surface area contributed by atoms with E-state index >= 15 is 0 Å². The number of sulfonamides is 1. The van der Waals surface area contributed by atoms with Crippen LogP contribution in [0, 0.1) is 17.0 Å². The number of esters is 2. The van der Waals surface area contributed by atoms with Crippen LogP contribution >= 0.6 is 0 Å². The predicted octanol–water partition coefficient (Wildman–Crippen LogP) is 4.23. The van der Waals surface area contributed by atoms with Crippen LogP contribution in [0.3, 0.4) is 0 Å². The fourth-order valence-electron chi connectivity index (χ4n) is 5.14. The molecule has 0 radical (unpaired) electrons. The Kier molecular flexibility index (Phi) is 7.20. The molecule has 2 atom stereocenters. The topological polar surface area (TPSA) is 136 Å². The van der Waals surface area contributed by atoms with Crippen LogP contribution < -0.4 is 0 Å². The Bertz CT molecular complexity index is 1730. The van der Waals surface area contributed by atoms with Crippen LogP contribution in [-0.4, -0.2) is 48.7 Å². The van der Waals surface area contributed by atoms with Gasteiger partial charge in [-0.25, -0.2) is 18.0 Å². The van der Waals surface area contributed by atoms with Crippen LogP contribution in [-0.2, 0) is 29.1 Å². The molecule has 3 aromatic rings. The number of benzene rings is 3. The van der Waals surface area contributed by atoms with Gasteiger partial charge < -0.3 is 14.4 Å². The third kappa shape index (κ3) is 4.66. The van der Waals surface area contributed by atoms with Crippen molar-refractivity contribution in [3.8, 4) is 0 Å². The van der Waals surface area contributed by atoms with Gasteiger partial charge in [0.2, 0.25) is 10.0 Å². The summed E-state index contributed by atoms with van der Waals surface area (Å²) < 4.78 is 40.5. The molecule has 0 saturated carbocycles. The number of nitrogens with zero attached hydrogens (tertiary/aromatic N) is 3. The summed E-state index contributed by atoms with van der Waals surface area (Å²) in [4.78, 5) is 39.2. The summed E-state index contributed by atoms with van der Waals surface area (Å²) in [5.74, 6) is -1.92. The normalized spacial score (nSPS) is 18.4. The quantitative estimate of drug-likeness (QED) is 0.240. The zero-order chi connectivity index (χ0) is 29.5. The van der Waals surface area contributed by atoms with Gasteiger partial charge in [0.1, 0.15) is 11.9 Å². The highest BCUT2D eigenvalue weighted by atomic mass is 32.2. The second-order valence-electron chi connectivity index (χ2n) is 9.37. The van der Waals surface area contributed by atoms with Crippen molar-refractivity contribution in [2.75, 3.05) is 14.2 Å². The third-order valence-corrected chi connectivity index (χ3v) is 8.85. The zero-order valence-corrected chi connectivity index (χ0v) is 23.1. The molecule has 2 aliphatic rings. The van der Waals surface area contributed by atoms with E-state index in [-0.39, 0.29) is 27.4 Å². The van der Waals surface area contributed by atoms with Crippen LogP contribution in [0.25, 0.3) is 6.08 Å². The number of nitro groups is 1. The van der Waals surface area contributed by atoms with Gasteiger partial charge in [-0.2, -0.15) is 4.31 Å². The lowest BCUT2D eigenvalue weighted by atomic mass is 9.89. The summed E-state index contributed by atoms with van der Waals surface area (Å²) in [7, 11) is -2.22. The van der Waals surface area contributed by atoms with E-state index in [2.05, 4.69) is 0 Å². The van der Waals surface area contributed by atoms with Crippen molar-refractivity contribution < 1.29 is 32.4 Å². The molecule has 0 amide bonds. The number of carbonyl (C=O) groups excluding carboxylic acids is 2. The Labute approximate surface area is 236 Å². The zero-order valence-electron chi connectivity index (χ0n) is 22.3. The highest BCUT2D eigenvalue weighted by Crippen LogP contribution is 2.51. The van der Waals surface area contributed by atoms with Crippen LogP contribution in [0.4, 0.5) is 5.69 Å².